The van der Waals surface area contributed by atoms with Crippen LogP contribution in [-0.2, 0) is 26.2 Å². The summed E-state index contributed by atoms with van der Waals surface area (Å²) in [5.41, 5.74) is -1.28. The van der Waals surface area contributed by atoms with E-state index in [4.69, 9.17) is 11.6 Å². The van der Waals surface area contributed by atoms with Gasteiger partial charge in [0.05, 0.1) is 15.4 Å². The predicted molar refractivity (Wildman–Crippen MR) is 113 cm³/mol. The maximum absolute atomic E-state index is 13.3. The van der Waals surface area contributed by atoms with E-state index in [0.717, 1.165) is 6.07 Å². The van der Waals surface area contributed by atoms with Gasteiger partial charge in [-0.3, -0.25) is 0 Å². The summed E-state index contributed by atoms with van der Waals surface area (Å²) in [4.78, 5) is -0.819. The maximum atomic E-state index is 13.3. The van der Waals surface area contributed by atoms with E-state index < -0.39 is 42.7 Å². The van der Waals surface area contributed by atoms with Crippen molar-refractivity contribution in [1.29, 1.82) is 0 Å². The van der Waals surface area contributed by atoms with E-state index in [1.54, 1.807) is 0 Å². The third-order valence-electron chi connectivity index (χ3n) is 4.76. The van der Waals surface area contributed by atoms with Gasteiger partial charge in [-0.2, -0.15) is 17.5 Å². The Balaban J connectivity index is 1.73. The Morgan fingerprint density at radius 3 is 2.13 bits per heavy atom. The minimum absolute atomic E-state index is 0.0185. The number of hydrogen-bond donors (Lipinski definition) is 1. The van der Waals surface area contributed by atoms with Crippen molar-refractivity contribution in [3.05, 3.63) is 57.5 Å². The molecule has 1 aliphatic rings. The fraction of sp³-hybridized carbons (Fsp3) is 0.333. The number of hydrogen-bond acceptors (Lipinski definition) is 4. The molecular formula is C18H17BrClF3N2O4S2. The molecule has 1 fully saturated rings. The van der Waals surface area contributed by atoms with E-state index in [-0.39, 0.29) is 35.3 Å². The van der Waals surface area contributed by atoms with Crippen molar-refractivity contribution < 1.29 is 30.0 Å². The van der Waals surface area contributed by atoms with Crippen molar-refractivity contribution >= 4 is 47.6 Å². The molecule has 0 unspecified atom stereocenters. The molecule has 2 aromatic rings. The molecule has 3 rings (SSSR count). The highest BCUT2D eigenvalue weighted by molar-refractivity contribution is 9.10. The minimum Gasteiger partial charge on any atom is -0.208 e. The summed E-state index contributed by atoms with van der Waals surface area (Å²) < 4.78 is 94.2. The van der Waals surface area contributed by atoms with Gasteiger partial charge in [-0.25, -0.2) is 21.6 Å². The average Bonchev–Trinajstić information content (AvgIpc) is 2.67. The van der Waals surface area contributed by atoms with Gasteiger partial charge in [0.25, 0.3) is 0 Å². The second-order valence-electron chi connectivity index (χ2n) is 6.89. The molecule has 1 aliphatic heterocycles. The molecule has 31 heavy (non-hydrogen) atoms. The zero-order valence-electron chi connectivity index (χ0n) is 15.7. The van der Waals surface area contributed by atoms with Crippen LogP contribution in [0.4, 0.5) is 13.2 Å². The molecule has 170 valence electrons. The van der Waals surface area contributed by atoms with Crippen molar-refractivity contribution in [2.45, 2.75) is 34.9 Å². The van der Waals surface area contributed by atoms with Crippen molar-refractivity contribution in [3.63, 3.8) is 0 Å². The number of halogens is 5. The van der Waals surface area contributed by atoms with E-state index >= 15 is 0 Å². The van der Waals surface area contributed by atoms with Gasteiger partial charge in [0.15, 0.2) is 0 Å². The lowest BCUT2D eigenvalue weighted by Crippen LogP contribution is -2.46. The summed E-state index contributed by atoms with van der Waals surface area (Å²) in [6, 6.07) is 7.75. The van der Waals surface area contributed by atoms with E-state index in [1.807, 2.05) is 0 Å². The van der Waals surface area contributed by atoms with Crippen molar-refractivity contribution in [2.75, 3.05) is 13.1 Å². The standard InChI is InChI=1S/C18H17BrClF3N2O4S2/c19-12-1-6-17(16(11-12)18(21,22)23)30(26,27)24-14-7-9-25(10-8-14)31(28,29)15-4-2-13(20)3-5-15/h1-6,11,14,24H,7-10H2. The molecule has 13 heteroatoms. The highest BCUT2D eigenvalue weighted by Crippen LogP contribution is 2.36. The second-order valence-corrected chi connectivity index (χ2v) is 11.9. The first-order valence-corrected chi connectivity index (χ1v) is 13.0. The molecule has 0 amide bonds. The molecule has 0 bridgehead atoms. The molecule has 0 spiro atoms. The lowest BCUT2D eigenvalue weighted by atomic mass is 10.1. The fourth-order valence-corrected chi connectivity index (χ4v) is 6.68. The number of rotatable bonds is 5. The monoisotopic (exact) mass is 560 g/mol. The zero-order valence-corrected chi connectivity index (χ0v) is 19.7. The van der Waals surface area contributed by atoms with Crippen LogP contribution in [0.15, 0.2) is 56.7 Å². The number of piperidine rings is 1. The lowest BCUT2D eigenvalue weighted by molar-refractivity contribution is -0.139. The van der Waals surface area contributed by atoms with Crippen LogP contribution in [0.5, 0.6) is 0 Å². The summed E-state index contributed by atoms with van der Waals surface area (Å²) in [6.07, 6.45) is -4.63. The molecule has 0 saturated carbocycles. The van der Waals surface area contributed by atoms with Gasteiger partial charge in [-0.15, -0.1) is 0 Å². The summed E-state index contributed by atoms with van der Waals surface area (Å²) in [7, 11) is -8.26. The van der Waals surface area contributed by atoms with Crippen LogP contribution >= 0.6 is 27.5 Å². The topological polar surface area (TPSA) is 83.6 Å². The van der Waals surface area contributed by atoms with Gasteiger partial charge in [0, 0.05) is 28.6 Å². The summed E-state index contributed by atoms with van der Waals surface area (Å²) in [6.45, 7) is 0.0369. The second kappa shape index (κ2) is 8.99. The van der Waals surface area contributed by atoms with Crippen LogP contribution < -0.4 is 4.72 Å². The molecule has 6 nitrogen and oxygen atoms in total. The third-order valence-corrected chi connectivity index (χ3v) is 9.00. The first-order valence-electron chi connectivity index (χ1n) is 8.95. The fourth-order valence-electron chi connectivity index (χ4n) is 3.21. The zero-order chi connectivity index (χ0) is 23.0. The molecule has 1 N–H and O–H groups in total. The molecule has 0 aliphatic carbocycles. The Morgan fingerprint density at radius 1 is 1.00 bits per heavy atom. The molecular weight excluding hydrogens is 545 g/mol. The van der Waals surface area contributed by atoms with Crippen LogP contribution in [0.25, 0.3) is 0 Å². The van der Waals surface area contributed by atoms with E-state index in [9.17, 15) is 30.0 Å². The molecule has 0 radical (unpaired) electrons. The molecule has 0 aromatic heterocycles. The van der Waals surface area contributed by atoms with Gasteiger partial charge in [0.2, 0.25) is 20.0 Å². The van der Waals surface area contributed by atoms with Crippen LogP contribution in [0.2, 0.25) is 5.02 Å². The largest absolute Gasteiger partial charge is 0.417 e. The van der Waals surface area contributed by atoms with Gasteiger partial charge >= 0.3 is 6.18 Å². The average molecular weight is 562 g/mol. The van der Waals surface area contributed by atoms with E-state index in [2.05, 4.69) is 20.7 Å². The van der Waals surface area contributed by atoms with Gasteiger partial charge < -0.3 is 0 Å². The summed E-state index contributed by atoms with van der Waals surface area (Å²) in [5, 5.41) is 0.387. The summed E-state index contributed by atoms with van der Waals surface area (Å²) in [5.74, 6) is 0. The first kappa shape index (κ1) is 24.5. The molecule has 0 atom stereocenters. The normalized spacial score (nSPS) is 17.1. The number of nitrogens with zero attached hydrogens (tertiary/aromatic N) is 1. The number of nitrogens with one attached hydrogen (secondary N) is 1. The van der Waals surface area contributed by atoms with Crippen LogP contribution in [-0.4, -0.2) is 40.3 Å². The Morgan fingerprint density at radius 2 is 1.58 bits per heavy atom. The number of sulfonamides is 2. The Bertz CT molecular complexity index is 1170. The Kier molecular flexibility index (Phi) is 7.09. The van der Waals surface area contributed by atoms with Crippen LogP contribution in [0.3, 0.4) is 0 Å². The van der Waals surface area contributed by atoms with Crippen LogP contribution in [0, 0.1) is 0 Å². The molecule has 1 saturated heterocycles. The van der Waals surface area contributed by atoms with E-state index in [0.29, 0.717) is 11.1 Å². The predicted octanol–water partition coefficient (Wildman–Crippen LogP) is 4.25. The molecule has 2 aromatic carbocycles. The highest BCUT2D eigenvalue weighted by atomic mass is 79.9. The number of benzene rings is 2. The molecule has 1 heterocycles. The summed E-state index contributed by atoms with van der Waals surface area (Å²) >= 11 is 8.70. The maximum Gasteiger partial charge on any atom is 0.417 e. The van der Waals surface area contributed by atoms with Crippen molar-refractivity contribution in [2.24, 2.45) is 0 Å². The highest BCUT2D eigenvalue weighted by Gasteiger charge is 2.38. The first-order chi connectivity index (χ1) is 14.3. The van der Waals surface area contributed by atoms with Gasteiger partial charge in [-0.1, -0.05) is 27.5 Å². The SMILES string of the molecule is O=S(=O)(NC1CCN(S(=O)(=O)c2ccc(Cl)cc2)CC1)c1ccc(Br)cc1C(F)(F)F. The Labute approximate surface area is 191 Å². The smallest absolute Gasteiger partial charge is 0.208 e. The van der Waals surface area contributed by atoms with Crippen molar-refractivity contribution in [1.82, 2.24) is 9.03 Å². The van der Waals surface area contributed by atoms with Gasteiger partial charge in [0.1, 0.15) is 0 Å². The Hall–Kier alpha value is -1.18. The quantitative estimate of drug-likeness (QED) is 0.592. The van der Waals surface area contributed by atoms with Gasteiger partial charge in [-0.05, 0) is 55.3 Å². The van der Waals surface area contributed by atoms with Crippen LogP contribution in [0.1, 0.15) is 18.4 Å². The lowest BCUT2D eigenvalue weighted by Gasteiger charge is -2.31. The van der Waals surface area contributed by atoms with Crippen molar-refractivity contribution in [3.8, 4) is 0 Å². The third kappa shape index (κ3) is 5.60. The van der Waals surface area contributed by atoms with E-state index in [1.165, 1.54) is 34.6 Å². The minimum atomic E-state index is -4.86. The number of alkyl halides is 3.